The Hall–Kier alpha value is -1.54. The van der Waals surface area contributed by atoms with Crippen molar-refractivity contribution in [3.8, 4) is 11.1 Å². The van der Waals surface area contributed by atoms with E-state index in [-0.39, 0.29) is 0 Å². The Morgan fingerprint density at radius 1 is 1.13 bits per heavy atom. The van der Waals surface area contributed by atoms with Crippen LogP contribution in [0.1, 0.15) is 0 Å². The lowest BCUT2D eigenvalue weighted by Crippen LogP contribution is -1.88. The van der Waals surface area contributed by atoms with Crippen molar-refractivity contribution in [2.75, 3.05) is 12.4 Å². The van der Waals surface area contributed by atoms with Crippen LogP contribution in [0, 0.1) is 0 Å². The predicted octanol–water partition coefficient (Wildman–Crippen LogP) is 3.44. The molecule has 0 saturated heterocycles. The molecule has 0 atom stereocenters. The molecule has 0 aliphatic heterocycles. The number of anilines is 1. The smallest absolute Gasteiger partial charge is 0.129 e. The predicted molar refractivity (Wildman–Crippen MR) is 64.2 cm³/mol. The Bertz CT molecular complexity index is 451. The van der Waals surface area contributed by atoms with Crippen LogP contribution in [0.25, 0.3) is 11.1 Å². The van der Waals surface area contributed by atoms with Crippen LogP contribution in [-0.2, 0) is 0 Å². The maximum Gasteiger partial charge on any atom is 0.129 e. The van der Waals surface area contributed by atoms with E-state index in [9.17, 15) is 0 Å². The van der Waals surface area contributed by atoms with E-state index in [1.54, 1.807) is 12.3 Å². The van der Waals surface area contributed by atoms with E-state index < -0.39 is 0 Å². The summed E-state index contributed by atoms with van der Waals surface area (Å²) in [6, 6.07) is 11.9. The Morgan fingerprint density at radius 2 is 2.00 bits per heavy atom. The zero-order valence-corrected chi connectivity index (χ0v) is 9.12. The first-order valence-corrected chi connectivity index (χ1v) is 5.07. The van der Waals surface area contributed by atoms with Gasteiger partial charge in [0, 0.05) is 24.5 Å². The lowest BCUT2D eigenvalue weighted by atomic mass is 10.1. The molecule has 76 valence electrons. The fourth-order valence-corrected chi connectivity index (χ4v) is 1.51. The van der Waals surface area contributed by atoms with Gasteiger partial charge in [0.05, 0.1) is 0 Å². The minimum Gasteiger partial charge on any atom is -0.388 e. The number of rotatable bonds is 2. The first-order valence-electron chi connectivity index (χ1n) is 4.69. The molecule has 2 aromatic rings. The van der Waals surface area contributed by atoms with Gasteiger partial charge in [-0.2, -0.15) is 0 Å². The van der Waals surface area contributed by atoms with Crippen LogP contribution in [0.4, 0.5) is 5.69 Å². The number of nitrogens with zero attached hydrogens (tertiary/aromatic N) is 1. The van der Waals surface area contributed by atoms with Crippen molar-refractivity contribution in [1.82, 2.24) is 4.98 Å². The summed E-state index contributed by atoms with van der Waals surface area (Å²) in [4.78, 5) is 4.06. The molecular formula is C12H11ClN2. The SMILES string of the molecule is CNc1cccc(-c2ccc(Cl)nc2)c1. The molecule has 2 rings (SSSR count). The van der Waals surface area contributed by atoms with E-state index in [1.165, 1.54) is 0 Å². The highest BCUT2D eigenvalue weighted by Gasteiger charge is 1.98. The van der Waals surface area contributed by atoms with Gasteiger partial charge >= 0.3 is 0 Å². The number of benzene rings is 1. The molecule has 1 N–H and O–H groups in total. The maximum atomic E-state index is 5.73. The van der Waals surface area contributed by atoms with Crippen molar-refractivity contribution < 1.29 is 0 Å². The summed E-state index contributed by atoms with van der Waals surface area (Å²) >= 11 is 5.73. The number of pyridine rings is 1. The molecule has 1 aromatic heterocycles. The second-order valence-electron chi connectivity index (χ2n) is 3.20. The average Bonchev–Trinajstić information content (AvgIpc) is 2.30. The fourth-order valence-electron chi connectivity index (χ4n) is 1.40. The summed E-state index contributed by atoms with van der Waals surface area (Å²) in [7, 11) is 1.90. The van der Waals surface area contributed by atoms with Gasteiger partial charge in [-0.3, -0.25) is 0 Å². The van der Waals surface area contributed by atoms with Crippen LogP contribution in [0.5, 0.6) is 0 Å². The van der Waals surface area contributed by atoms with Crippen molar-refractivity contribution in [2.45, 2.75) is 0 Å². The van der Waals surface area contributed by atoms with Crippen LogP contribution in [0.15, 0.2) is 42.6 Å². The largest absolute Gasteiger partial charge is 0.388 e. The summed E-state index contributed by atoms with van der Waals surface area (Å²) in [5.41, 5.74) is 3.28. The zero-order chi connectivity index (χ0) is 10.7. The van der Waals surface area contributed by atoms with Crippen molar-refractivity contribution in [1.29, 1.82) is 0 Å². The van der Waals surface area contributed by atoms with Crippen molar-refractivity contribution in [2.24, 2.45) is 0 Å². The third-order valence-electron chi connectivity index (χ3n) is 2.21. The van der Waals surface area contributed by atoms with Crippen LogP contribution in [-0.4, -0.2) is 12.0 Å². The molecular weight excluding hydrogens is 208 g/mol. The molecule has 0 bridgehead atoms. The van der Waals surface area contributed by atoms with Gasteiger partial charge in [-0.1, -0.05) is 23.7 Å². The van der Waals surface area contributed by atoms with Gasteiger partial charge in [-0.25, -0.2) is 4.98 Å². The monoisotopic (exact) mass is 218 g/mol. The van der Waals surface area contributed by atoms with Crippen molar-refractivity contribution in [3.63, 3.8) is 0 Å². The van der Waals surface area contributed by atoms with Crippen LogP contribution in [0.2, 0.25) is 5.15 Å². The van der Waals surface area contributed by atoms with Gasteiger partial charge in [0.15, 0.2) is 0 Å². The van der Waals surface area contributed by atoms with Gasteiger partial charge in [0.25, 0.3) is 0 Å². The van der Waals surface area contributed by atoms with E-state index in [4.69, 9.17) is 11.6 Å². The topological polar surface area (TPSA) is 24.9 Å². The molecule has 0 amide bonds. The zero-order valence-electron chi connectivity index (χ0n) is 8.37. The first kappa shape index (κ1) is 9.99. The summed E-state index contributed by atoms with van der Waals surface area (Å²) in [5.74, 6) is 0. The third-order valence-corrected chi connectivity index (χ3v) is 2.44. The summed E-state index contributed by atoms with van der Waals surface area (Å²) < 4.78 is 0. The van der Waals surface area contributed by atoms with E-state index in [0.717, 1.165) is 16.8 Å². The Kier molecular flexibility index (Phi) is 2.88. The van der Waals surface area contributed by atoms with Crippen LogP contribution >= 0.6 is 11.6 Å². The minimum atomic E-state index is 0.517. The number of halogens is 1. The van der Waals surface area contributed by atoms with Crippen molar-refractivity contribution in [3.05, 3.63) is 47.7 Å². The first-order chi connectivity index (χ1) is 7.29. The molecule has 0 aliphatic carbocycles. The van der Waals surface area contributed by atoms with Crippen molar-refractivity contribution >= 4 is 17.3 Å². The van der Waals surface area contributed by atoms with Crippen LogP contribution < -0.4 is 5.32 Å². The molecule has 0 aliphatic rings. The normalized spacial score (nSPS) is 10.0. The second kappa shape index (κ2) is 4.32. The quantitative estimate of drug-likeness (QED) is 0.782. The lowest BCUT2D eigenvalue weighted by molar-refractivity contribution is 1.33. The number of aromatic nitrogens is 1. The second-order valence-corrected chi connectivity index (χ2v) is 3.59. The molecule has 0 radical (unpaired) electrons. The summed E-state index contributed by atoms with van der Waals surface area (Å²) in [5, 5.41) is 3.62. The molecule has 1 heterocycles. The number of hydrogen-bond acceptors (Lipinski definition) is 2. The molecule has 0 spiro atoms. The Morgan fingerprint density at radius 3 is 2.67 bits per heavy atom. The number of hydrogen-bond donors (Lipinski definition) is 1. The average molecular weight is 219 g/mol. The number of nitrogens with one attached hydrogen (secondary N) is 1. The standard InChI is InChI=1S/C12H11ClN2/c1-14-11-4-2-3-9(7-11)10-5-6-12(13)15-8-10/h2-8,14H,1H3. The van der Waals surface area contributed by atoms with E-state index in [1.807, 2.05) is 31.3 Å². The molecule has 2 nitrogen and oxygen atoms in total. The highest BCUT2D eigenvalue weighted by molar-refractivity contribution is 6.29. The van der Waals surface area contributed by atoms with Crippen LogP contribution in [0.3, 0.4) is 0 Å². The molecule has 0 unspecified atom stereocenters. The van der Waals surface area contributed by atoms with Gasteiger partial charge in [0.1, 0.15) is 5.15 Å². The summed E-state index contributed by atoms with van der Waals surface area (Å²) in [6.45, 7) is 0. The molecule has 0 saturated carbocycles. The Labute approximate surface area is 93.9 Å². The minimum absolute atomic E-state index is 0.517. The van der Waals surface area contributed by atoms with Gasteiger partial charge in [0.2, 0.25) is 0 Å². The van der Waals surface area contributed by atoms with E-state index in [2.05, 4.69) is 16.4 Å². The van der Waals surface area contributed by atoms with Gasteiger partial charge < -0.3 is 5.32 Å². The van der Waals surface area contributed by atoms with E-state index >= 15 is 0 Å². The molecule has 3 heteroatoms. The third kappa shape index (κ3) is 2.28. The lowest BCUT2D eigenvalue weighted by Gasteiger charge is -2.04. The van der Waals surface area contributed by atoms with Gasteiger partial charge in [-0.15, -0.1) is 0 Å². The summed E-state index contributed by atoms with van der Waals surface area (Å²) in [6.07, 6.45) is 1.77. The Balaban J connectivity index is 2.40. The van der Waals surface area contributed by atoms with Gasteiger partial charge in [-0.05, 0) is 29.8 Å². The molecule has 1 aromatic carbocycles. The highest BCUT2D eigenvalue weighted by atomic mass is 35.5. The highest BCUT2D eigenvalue weighted by Crippen LogP contribution is 2.22. The molecule has 0 fully saturated rings. The fraction of sp³-hybridized carbons (Fsp3) is 0.0833. The molecule has 15 heavy (non-hydrogen) atoms. The maximum absolute atomic E-state index is 5.73. The van der Waals surface area contributed by atoms with E-state index in [0.29, 0.717) is 5.15 Å².